The van der Waals surface area contributed by atoms with Gasteiger partial charge in [0.1, 0.15) is 11.8 Å². The van der Waals surface area contributed by atoms with Crippen molar-refractivity contribution in [3.8, 4) is 5.88 Å². The molecule has 2 aromatic rings. The molecule has 3 rings (SSSR count). The quantitative estimate of drug-likeness (QED) is 0.745. The molecule has 9 heteroatoms. The van der Waals surface area contributed by atoms with Crippen LogP contribution in [0.1, 0.15) is 24.6 Å². The zero-order chi connectivity index (χ0) is 19.7. The minimum atomic E-state index is -4.56. The largest absolute Gasteiger partial charge is 0.472 e. The monoisotopic (exact) mass is 400 g/mol. The van der Waals surface area contributed by atoms with Crippen molar-refractivity contribution in [2.24, 2.45) is 0 Å². The number of rotatable bonds is 6. The van der Waals surface area contributed by atoms with Crippen LogP contribution < -0.4 is 4.74 Å². The van der Waals surface area contributed by atoms with E-state index in [1.54, 1.807) is 24.3 Å². The Balaban J connectivity index is 1.62. The van der Waals surface area contributed by atoms with Crippen LogP contribution in [0, 0.1) is 0 Å². The highest BCUT2D eigenvalue weighted by molar-refractivity contribution is 7.89. The number of hydrogen-bond acceptors (Lipinski definition) is 4. The third-order valence-electron chi connectivity index (χ3n) is 4.22. The van der Waals surface area contributed by atoms with Crippen molar-refractivity contribution < 1.29 is 26.3 Å². The zero-order valence-corrected chi connectivity index (χ0v) is 15.4. The van der Waals surface area contributed by atoms with Crippen LogP contribution in [0.3, 0.4) is 0 Å². The number of aromatic nitrogens is 1. The smallest absolute Gasteiger partial charge is 0.433 e. The molecule has 1 aliphatic rings. The lowest BCUT2D eigenvalue weighted by molar-refractivity contribution is -0.141. The van der Waals surface area contributed by atoms with Crippen LogP contribution in [0.4, 0.5) is 13.2 Å². The molecule has 0 N–H and O–H groups in total. The molecule has 5 nitrogen and oxygen atoms in total. The minimum absolute atomic E-state index is 0.0664. The summed E-state index contributed by atoms with van der Waals surface area (Å²) in [6, 6.07) is 10.1. The highest BCUT2D eigenvalue weighted by Crippen LogP contribution is 2.30. The molecule has 27 heavy (non-hydrogen) atoms. The van der Waals surface area contributed by atoms with E-state index < -0.39 is 28.0 Å². The van der Waals surface area contributed by atoms with Gasteiger partial charge in [-0.3, -0.25) is 0 Å². The number of halogens is 3. The van der Waals surface area contributed by atoms with E-state index in [1.807, 2.05) is 6.92 Å². The Morgan fingerprint density at radius 1 is 1.15 bits per heavy atom. The fraction of sp³-hybridized carbons (Fsp3) is 0.389. The fourth-order valence-corrected chi connectivity index (χ4v) is 4.25. The summed E-state index contributed by atoms with van der Waals surface area (Å²) in [5.74, 6) is -0.171. The Hall–Kier alpha value is -2.13. The van der Waals surface area contributed by atoms with Gasteiger partial charge in [0.2, 0.25) is 15.9 Å². The van der Waals surface area contributed by atoms with E-state index in [1.165, 1.54) is 16.4 Å². The zero-order valence-electron chi connectivity index (χ0n) is 14.6. The van der Waals surface area contributed by atoms with Crippen molar-refractivity contribution >= 4 is 10.0 Å². The number of nitrogens with zero attached hydrogens (tertiary/aromatic N) is 2. The van der Waals surface area contributed by atoms with E-state index in [0.29, 0.717) is 0 Å². The van der Waals surface area contributed by atoms with Crippen molar-refractivity contribution in [2.45, 2.75) is 36.9 Å². The molecule has 1 aromatic carbocycles. The summed E-state index contributed by atoms with van der Waals surface area (Å²) < 4.78 is 69.8. The lowest BCUT2D eigenvalue weighted by atomic mass is 10.1. The Labute approximate surface area is 155 Å². The molecule has 1 aromatic heterocycles. The Kier molecular flexibility index (Phi) is 5.43. The normalized spacial score (nSPS) is 16.1. The maximum atomic E-state index is 12.7. The first-order valence-electron chi connectivity index (χ1n) is 8.50. The van der Waals surface area contributed by atoms with Gasteiger partial charge in [-0.15, -0.1) is 0 Å². The van der Waals surface area contributed by atoms with Gasteiger partial charge in [0.25, 0.3) is 0 Å². The maximum Gasteiger partial charge on any atom is 0.433 e. The summed E-state index contributed by atoms with van der Waals surface area (Å²) in [7, 11) is -3.64. The minimum Gasteiger partial charge on any atom is -0.472 e. The number of hydrogen-bond donors (Lipinski definition) is 0. The second-order valence-electron chi connectivity index (χ2n) is 6.31. The van der Waals surface area contributed by atoms with Crippen LogP contribution >= 0.6 is 0 Å². The molecule has 0 aliphatic carbocycles. The van der Waals surface area contributed by atoms with Crippen LogP contribution in [0.25, 0.3) is 0 Å². The molecule has 1 aliphatic heterocycles. The van der Waals surface area contributed by atoms with Crippen molar-refractivity contribution in [1.82, 2.24) is 9.29 Å². The summed E-state index contributed by atoms with van der Waals surface area (Å²) in [5.41, 5.74) is 0.0212. The van der Waals surface area contributed by atoms with Gasteiger partial charge in [-0.1, -0.05) is 31.5 Å². The molecular weight excluding hydrogens is 381 g/mol. The van der Waals surface area contributed by atoms with Crippen molar-refractivity contribution in [3.63, 3.8) is 0 Å². The van der Waals surface area contributed by atoms with Gasteiger partial charge in [0, 0.05) is 6.07 Å². The number of alkyl halides is 3. The molecule has 0 radical (unpaired) electrons. The highest BCUT2D eigenvalue weighted by Gasteiger charge is 2.39. The first kappa shape index (κ1) is 19.6. The van der Waals surface area contributed by atoms with E-state index in [2.05, 4.69) is 4.98 Å². The standard InChI is InChI=1S/C18H19F3N2O3S/c1-2-4-13-7-9-15(10-8-13)27(24,25)23-11-14(12-23)26-17-6-3-5-16(22-17)18(19,20)21/h3,5-10,14H,2,4,11-12H2,1H3. The highest BCUT2D eigenvalue weighted by atomic mass is 32.2. The maximum absolute atomic E-state index is 12.7. The summed E-state index contributed by atoms with van der Waals surface area (Å²) in [5, 5.41) is 0. The van der Waals surface area contributed by atoms with E-state index in [-0.39, 0.29) is 23.9 Å². The second-order valence-corrected chi connectivity index (χ2v) is 8.25. The molecule has 0 spiro atoms. The molecule has 1 saturated heterocycles. The van der Waals surface area contributed by atoms with Crippen LogP contribution in [0.5, 0.6) is 5.88 Å². The van der Waals surface area contributed by atoms with Gasteiger partial charge in [-0.2, -0.15) is 17.5 Å². The Morgan fingerprint density at radius 3 is 2.41 bits per heavy atom. The fourth-order valence-electron chi connectivity index (χ4n) is 2.75. The first-order valence-corrected chi connectivity index (χ1v) is 9.94. The van der Waals surface area contributed by atoms with Crippen molar-refractivity contribution in [2.75, 3.05) is 13.1 Å². The summed E-state index contributed by atoms with van der Waals surface area (Å²) >= 11 is 0. The molecule has 0 amide bonds. The van der Waals surface area contributed by atoms with E-state index >= 15 is 0 Å². The van der Waals surface area contributed by atoms with Gasteiger partial charge in [0.15, 0.2) is 0 Å². The topological polar surface area (TPSA) is 59.5 Å². The van der Waals surface area contributed by atoms with Gasteiger partial charge in [0.05, 0.1) is 18.0 Å². The number of ether oxygens (including phenoxy) is 1. The predicted molar refractivity (Wildman–Crippen MR) is 92.9 cm³/mol. The lowest BCUT2D eigenvalue weighted by Gasteiger charge is -2.37. The van der Waals surface area contributed by atoms with Crippen molar-refractivity contribution in [3.05, 3.63) is 53.7 Å². The number of aryl methyl sites for hydroxylation is 1. The van der Waals surface area contributed by atoms with Crippen LogP contribution in [0.2, 0.25) is 0 Å². The Bertz CT molecular complexity index is 893. The molecule has 146 valence electrons. The van der Waals surface area contributed by atoms with E-state index in [9.17, 15) is 21.6 Å². The number of benzene rings is 1. The third kappa shape index (κ3) is 4.41. The average Bonchev–Trinajstić information content (AvgIpc) is 2.58. The van der Waals surface area contributed by atoms with Crippen LogP contribution in [0.15, 0.2) is 47.4 Å². The number of sulfonamides is 1. The summed E-state index contributed by atoms with van der Waals surface area (Å²) in [4.78, 5) is 3.62. The SMILES string of the molecule is CCCc1ccc(S(=O)(=O)N2CC(Oc3cccc(C(F)(F)F)n3)C2)cc1. The molecular formula is C18H19F3N2O3S. The summed E-state index contributed by atoms with van der Waals surface area (Å²) in [6.45, 7) is 2.18. The first-order chi connectivity index (χ1) is 12.7. The Morgan fingerprint density at radius 2 is 1.81 bits per heavy atom. The van der Waals surface area contributed by atoms with Crippen LogP contribution in [-0.4, -0.2) is 36.9 Å². The molecule has 0 atom stereocenters. The third-order valence-corrected chi connectivity index (χ3v) is 6.06. The molecule has 1 fully saturated rings. The average molecular weight is 400 g/mol. The molecule has 0 bridgehead atoms. The number of pyridine rings is 1. The van der Waals surface area contributed by atoms with E-state index in [0.717, 1.165) is 24.5 Å². The van der Waals surface area contributed by atoms with Gasteiger partial charge in [-0.05, 0) is 30.2 Å². The van der Waals surface area contributed by atoms with Crippen molar-refractivity contribution in [1.29, 1.82) is 0 Å². The summed E-state index contributed by atoms with van der Waals surface area (Å²) in [6.07, 6.45) is -3.24. The lowest BCUT2D eigenvalue weighted by Crippen LogP contribution is -2.56. The van der Waals surface area contributed by atoms with Crippen LogP contribution in [-0.2, 0) is 22.6 Å². The molecule has 0 unspecified atom stereocenters. The molecule has 2 heterocycles. The predicted octanol–water partition coefficient (Wildman–Crippen LogP) is 3.50. The second kappa shape index (κ2) is 7.47. The molecule has 0 saturated carbocycles. The van der Waals surface area contributed by atoms with Gasteiger partial charge in [-0.25, -0.2) is 13.4 Å². The van der Waals surface area contributed by atoms with Gasteiger partial charge < -0.3 is 4.74 Å². The van der Waals surface area contributed by atoms with E-state index in [4.69, 9.17) is 4.74 Å². The van der Waals surface area contributed by atoms with Gasteiger partial charge >= 0.3 is 6.18 Å².